The van der Waals surface area contributed by atoms with Crippen LogP contribution in [-0.2, 0) is 9.57 Å². The third-order valence-corrected chi connectivity index (χ3v) is 6.67. The smallest absolute Gasteiger partial charge is 0.394 e. The van der Waals surface area contributed by atoms with Crippen molar-refractivity contribution in [3.05, 3.63) is 22.7 Å². The topological polar surface area (TPSA) is 155 Å². The number of aromatic nitrogens is 2. The SMILES string of the molecule is CCCCCCCCCCCCCCCCNC(=O)ONc1ccn([C@@H]2O[C@H](CO)[C@H](O)C2O)c(=O)n1. The number of nitrogens with one attached hydrogen (secondary N) is 2. The first kappa shape index (κ1) is 31.0. The molecule has 2 rings (SSSR count). The zero-order chi connectivity index (χ0) is 26.9. The van der Waals surface area contributed by atoms with Gasteiger partial charge in [-0.25, -0.2) is 9.59 Å². The molecule has 1 saturated heterocycles. The lowest BCUT2D eigenvalue weighted by molar-refractivity contribution is -0.0549. The van der Waals surface area contributed by atoms with Crippen molar-refractivity contribution in [2.45, 2.75) is 121 Å². The molecule has 2 heterocycles. The molecule has 0 radical (unpaired) electrons. The minimum atomic E-state index is -1.40. The van der Waals surface area contributed by atoms with Gasteiger partial charge >= 0.3 is 11.8 Å². The molecule has 1 unspecified atom stereocenters. The van der Waals surface area contributed by atoms with E-state index in [1.165, 1.54) is 82.9 Å². The molecular formula is C26H46N4O7. The summed E-state index contributed by atoms with van der Waals surface area (Å²) in [6, 6.07) is 1.36. The van der Waals surface area contributed by atoms with Gasteiger partial charge in [0.2, 0.25) is 0 Å². The molecule has 1 aliphatic heterocycles. The fourth-order valence-electron chi connectivity index (χ4n) is 4.42. The minimum Gasteiger partial charge on any atom is -0.394 e. The Balaban J connectivity index is 1.49. The summed E-state index contributed by atoms with van der Waals surface area (Å²) in [5.74, 6) is -0.000337. The van der Waals surface area contributed by atoms with E-state index in [2.05, 4.69) is 22.7 Å². The molecule has 1 aromatic heterocycles. The van der Waals surface area contributed by atoms with Gasteiger partial charge in [0.15, 0.2) is 12.0 Å². The lowest BCUT2D eigenvalue weighted by Crippen LogP contribution is -2.36. The zero-order valence-corrected chi connectivity index (χ0v) is 22.1. The molecule has 11 heteroatoms. The molecule has 0 bridgehead atoms. The highest BCUT2D eigenvalue weighted by Crippen LogP contribution is 2.28. The van der Waals surface area contributed by atoms with Crippen molar-refractivity contribution in [2.75, 3.05) is 18.6 Å². The molecule has 0 aromatic carbocycles. The number of hydrogen-bond donors (Lipinski definition) is 5. The van der Waals surface area contributed by atoms with Crippen molar-refractivity contribution < 1.29 is 29.7 Å². The van der Waals surface area contributed by atoms with Gasteiger partial charge < -0.3 is 30.2 Å². The van der Waals surface area contributed by atoms with Gasteiger partial charge in [-0.05, 0) is 6.42 Å². The fourth-order valence-corrected chi connectivity index (χ4v) is 4.42. The molecular weight excluding hydrogens is 480 g/mol. The van der Waals surface area contributed by atoms with Crippen molar-refractivity contribution in [3.8, 4) is 0 Å². The van der Waals surface area contributed by atoms with Crippen LogP contribution in [0.1, 0.15) is 103 Å². The Morgan fingerprint density at radius 2 is 1.54 bits per heavy atom. The minimum absolute atomic E-state index is 0.000337. The molecule has 37 heavy (non-hydrogen) atoms. The highest BCUT2D eigenvalue weighted by Gasteiger charge is 2.43. The Morgan fingerprint density at radius 3 is 2.05 bits per heavy atom. The van der Waals surface area contributed by atoms with Crippen LogP contribution < -0.4 is 16.5 Å². The second-order valence-corrected chi connectivity index (χ2v) is 9.75. The van der Waals surface area contributed by atoms with Crippen molar-refractivity contribution >= 4 is 11.9 Å². The number of carbonyl (C=O) groups is 1. The molecule has 4 atom stereocenters. The van der Waals surface area contributed by atoms with Crippen molar-refractivity contribution in [1.29, 1.82) is 0 Å². The Kier molecular flexibility index (Phi) is 15.2. The lowest BCUT2D eigenvalue weighted by Gasteiger charge is -2.17. The first-order valence-corrected chi connectivity index (χ1v) is 13.9. The maximum absolute atomic E-state index is 12.3. The van der Waals surface area contributed by atoms with E-state index in [9.17, 15) is 24.9 Å². The van der Waals surface area contributed by atoms with Gasteiger partial charge in [-0.15, -0.1) is 0 Å². The standard InChI is InChI=1S/C26H46N4O7/c1-2-3-4-5-6-7-8-9-10-11-12-13-14-15-17-27-26(35)37-29-21-16-18-30(25(34)28-21)24-23(33)22(32)20(19-31)36-24/h16,18,20,22-24,31-33H,2-15,17,19H2,1H3,(H,27,35)(H,28,29,34)/t20-,22+,23?,24-/m1/s1. The van der Waals surface area contributed by atoms with Crippen LogP contribution in [0.5, 0.6) is 0 Å². The molecule has 5 N–H and O–H groups in total. The predicted molar refractivity (Wildman–Crippen MR) is 140 cm³/mol. The summed E-state index contributed by atoms with van der Waals surface area (Å²) in [6.45, 7) is 2.25. The number of hydrogen-bond acceptors (Lipinski definition) is 9. The Morgan fingerprint density at radius 1 is 0.973 bits per heavy atom. The third-order valence-electron chi connectivity index (χ3n) is 6.67. The van der Waals surface area contributed by atoms with Crippen molar-refractivity contribution in [3.63, 3.8) is 0 Å². The average molecular weight is 527 g/mol. The summed E-state index contributed by atoms with van der Waals surface area (Å²) in [7, 11) is 0. The largest absolute Gasteiger partial charge is 0.431 e. The van der Waals surface area contributed by atoms with Gasteiger partial charge in [0.25, 0.3) is 0 Å². The molecule has 0 aliphatic carbocycles. The number of carbonyl (C=O) groups excluding carboxylic acids is 1. The van der Waals surface area contributed by atoms with Crippen LogP contribution in [0.25, 0.3) is 0 Å². The third kappa shape index (κ3) is 11.4. The van der Waals surface area contributed by atoms with Gasteiger partial charge in [-0.3, -0.25) is 4.57 Å². The number of amides is 1. The number of unbranched alkanes of at least 4 members (excludes halogenated alkanes) is 13. The van der Waals surface area contributed by atoms with E-state index >= 15 is 0 Å². The molecule has 1 aromatic rings. The van der Waals surface area contributed by atoms with Crippen LogP contribution in [0.3, 0.4) is 0 Å². The monoisotopic (exact) mass is 526 g/mol. The summed E-state index contributed by atoms with van der Waals surface area (Å²) in [5, 5.41) is 31.7. The van der Waals surface area contributed by atoms with E-state index in [4.69, 9.17) is 9.57 Å². The quantitative estimate of drug-likeness (QED) is 0.135. The van der Waals surface area contributed by atoms with Gasteiger partial charge in [0, 0.05) is 18.8 Å². The summed E-state index contributed by atoms with van der Waals surface area (Å²) < 4.78 is 6.31. The molecule has 1 amide bonds. The molecule has 1 aliphatic rings. The van der Waals surface area contributed by atoms with Crippen LogP contribution in [0.15, 0.2) is 17.1 Å². The van der Waals surface area contributed by atoms with Crippen LogP contribution >= 0.6 is 0 Å². The first-order chi connectivity index (χ1) is 18.0. The second kappa shape index (κ2) is 18.1. The fraction of sp³-hybridized carbons (Fsp3) is 0.808. The van der Waals surface area contributed by atoms with Gasteiger partial charge in [-0.1, -0.05) is 90.4 Å². The maximum atomic E-state index is 12.3. The second-order valence-electron chi connectivity index (χ2n) is 9.75. The van der Waals surface area contributed by atoms with Crippen molar-refractivity contribution in [2.24, 2.45) is 0 Å². The summed E-state index contributed by atoms with van der Waals surface area (Å²) >= 11 is 0. The van der Waals surface area contributed by atoms with E-state index in [1.807, 2.05) is 0 Å². The van der Waals surface area contributed by atoms with Crippen molar-refractivity contribution in [1.82, 2.24) is 14.9 Å². The van der Waals surface area contributed by atoms with Gasteiger partial charge in [0.1, 0.15) is 18.3 Å². The average Bonchev–Trinajstić information content (AvgIpc) is 3.18. The number of ether oxygens (including phenoxy) is 1. The number of nitrogens with zero attached hydrogens (tertiary/aromatic N) is 2. The van der Waals surface area contributed by atoms with Crippen LogP contribution in [0.2, 0.25) is 0 Å². The predicted octanol–water partition coefficient (Wildman–Crippen LogP) is 3.39. The van der Waals surface area contributed by atoms with Crippen LogP contribution in [0, 0.1) is 0 Å². The maximum Gasteiger partial charge on any atom is 0.431 e. The lowest BCUT2D eigenvalue weighted by atomic mass is 10.0. The number of rotatable bonds is 19. The van der Waals surface area contributed by atoms with E-state index in [-0.39, 0.29) is 5.82 Å². The Labute approximate surface area is 219 Å². The summed E-state index contributed by atoms with van der Waals surface area (Å²) in [4.78, 5) is 32.7. The number of anilines is 1. The van der Waals surface area contributed by atoms with E-state index < -0.39 is 42.9 Å². The summed E-state index contributed by atoms with van der Waals surface area (Å²) in [5.41, 5.74) is 1.53. The molecule has 1 fully saturated rings. The molecule has 0 spiro atoms. The Bertz CT molecular complexity index is 822. The van der Waals surface area contributed by atoms with E-state index in [0.29, 0.717) is 6.54 Å². The number of aliphatic hydroxyl groups is 3. The summed E-state index contributed by atoms with van der Waals surface area (Å²) in [6.07, 6.45) is 13.5. The first-order valence-electron chi connectivity index (χ1n) is 13.9. The van der Waals surface area contributed by atoms with E-state index in [0.717, 1.165) is 23.8 Å². The van der Waals surface area contributed by atoms with Crippen LogP contribution in [0.4, 0.5) is 10.6 Å². The molecule has 11 nitrogen and oxygen atoms in total. The zero-order valence-electron chi connectivity index (χ0n) is 22.1. The van der Waals surface area contributed by atoms with Gasteiger partial charge in [-0.2, -0.15) is 10.5 Å². The highest BCUT2D eigenvalue weighted by atomic mass is 16.7. The van der Waals surface area contributed by atoms with Crippen LogP contribution in [-0.4, -0.2) is 62.4 Å². The molecule has 0 saturated carbocycles. The normalized spacial score (nSPS) is 21.2. The number of aliphatic hydroxyl groups excluding tert-OH is 3. The van der Waals surface area contributed by atoms with Gasteiger partial charge in [0.05, 0.1) is 6.61 Å². The molecule has 212 valence electrons. The van der Waals surface area contributed by atoms with E-state index in [1.54, 1.807) is 0 Å². The highest BCUT2D eigenvalue weighted by molar-refractivity contribution is 5.67. The Hall–Kier alpha value is -2.21.